The summed E-state index contributed by atoms with van der Waals surface area (Å²) in [4.78, 5) is 9.55. The van der Waals surface area contributed by atoms with E-state index in [0.717, 1.165) is 0 Å². The van der Waals surface area contributed by atoms with Crippen LogP contribution in [-0.4, -0.2) is 80.1 Å². The molecule has 144 valence electrons. The molecule has 0 unspecified atom stereocenters. The Morgan fingerprint density at radius 3 is 1.23 bits per heavy atom. The molecule has 0 aliphatic heterocycles. The normalized spacial score (nSPS) is 13.4. The molecule has 0 aliphatic rings. The van der Waals surface area contributed by atoms with Gasteiger partial charge in [0.05, 0.1) is 56.7 Å². The molecule has 0 aromatic carbocycles. The van der Waals surface area contributed by atoms with Crippen LogP contribution in [0.4, 0.5) is 0 Å². The van der Waals surface area contributed by atoms with Crippen LogP contribution < -0.4 is 0 Å². The van der Waals surface area contributed by atoms with Gasteiger partial charge in [0.15, 0.2) is 7.05 Å². The first kappa shape index (κ1) is 23.5. The van der Waals surface area contributed by atoms with Gasteiger partial charge in [0.1, 0.15) is 4.86 Å². The highest BCUT2D eigenvalue weighted by molar-refractivity contribution is 5.25. The van der Waals surface area contributed by atoms with Crippen molar-refractivity contribution in [3.63, 3.8) is 0 Å². The Kier molecular flexibility index (Phi) is 7.05. The summed E-state index contributed by atoms with van der Waals surface area (Å²) in [5, 5.41) is 26.9. The summed E-state index contributed by atoms with van der Waals surface area (Å²) in [7, 11) is 1.50. The van der Waals surface area contributed by atoms with Gasteiger partial charge in [0.25, 0.3) is 0 Å². The van der Waals surface area contributed by atoms with Crippen LogP contribution in [0.1, 0.15) is 27.7 Å². The van der Waals surface area contributed by atoms with Crippen molar-refractivity contribution in [2.24, 2.45) is 35.7 Å². The summed E-state index contributed by atoms with van der Waals surface area (Å²) in [6, 6.07) is 0. The Bertz CT molecular complexity index is 575. The fourth-order valence-electron chi connectivity index (χ4n) is 2.14. The number of hydroxylamine groups is 2. The molecular weight excluding hydrogens is 340 g/mol. The van der Waals surface area contributed by atoms with Gasteiger partial charge in [-0.2, -0.15) is 0 Å². The van der Waals surface area contributed by atoms with Crippen LogP contribution in [0.25, 0.3) is 0 Å². The van der Waals surface area contributed by atoms with Gasteiger partial charge < -0.3 is 0 Å². The molecular formula is C14H29N10O2+3. The molecule has 0 atom stereocenters. The molecule has 12 nitrogen and oxygen atoms in total. The number of nitrogens with zero attached hydrogens (tertiary/aromatic N) is 10. The summed E-state index contributed by atoms with van der Waals surface area (Å²) >= 11 is 0. The zero-order chi connectivity index (χ0) is 20.9. The van der Waals surface area contributed by atoms with Crippen LogP contribution in [0.5, 0.6) is 0 Å². The average molecular weight is 369 g/mol. The lowest BCUT2D eigenvalue weighted by Gasteiger charge is -2.40. The Morgan fingerprint density at radius 2 is 0.962 bits per heavy atom. The minimum Gasteiger partial charge on any atom is -0.0704 e. The number of hydrogen-bond donors (Lipinski definition) is 0. The Labute approximate surface area is 154 Å². The number of rotatable bonds is 13. The van der Waals surface area contributed by atoms with E-state index in [2.05, 4.69) is 82.7 Å². The van der Waals surface area contributed by atoms with Crippen LogP contribution in [0.2, 0.25) is 0 Å². The fourth-order valence-corrected chi connectivity index (χ4v) is 2.14. The van der Waals surface area contributed by atoms with E-state index in [9.17, 15) is 0 Å². The Morgan fingerprint density at radius 1 is 0.577 bits per heavy atom. The van der Waals surface area contributed by atoms with Crippen molar-refractivity contribution in [1.82, 2.24) is 0 Å². The molecule has 26 heavy (non-hydrogen) atoms. The molecule has 0 heterocycles. The molecule has 0 amide bonds. The van der Waals surface area contributed by atoms with Crippen molar-refractivity contribution in [2.75, 3.05) is 7.05 Å². The highest BCUT2D eigenvalue weighted by Gasteiger charge is 2.64. The van der Waals surface area contributed by atoms with E-state index in [1.165, 1.54) is 7.05 Å². The molecule has 0 saturated heterocycles. The maximum atomic E-state index is 6.05. The van der Waals surface area contributed by atoms with E-state index >= 15 is 0 Å². The number of quaternary nitrogens is 3. The van der Waals surface area contributed by atoms with E-state index in [-0.39, 0.29) is 0 Å². The van der Waals surface area contributed by atoms with Gasteiger partial charge in [-0.25, -0.2) is 0 Å². The minimum atomic E-state index is -1.36. The molecule has 0 fully saturated rings. The van der Waals surface area contributed by atoms with Crippen molar-refractivity contribution < 1.29 is 24.2 Å². The highest BCUT2D eigenvalue weighted by atomic mass is 16.9. The van der Waals surface area contributed by atoms with Gasteiger partial charge in [-0.05, 0) is 35.7 Å². The molecule has 0 aromatic heterocycles. The van der Waals surface area contributed by atoms with Crippen LogP contribution in [0.15, 0.2) is 35.7 Å². The summed E-state index contributed by atoms with van der Waals surface area (Å²) in [6.45, 7) is 30.7. The SMILES string of the molecule is C=N[N+](C)(N=C)OC(C)(C)[N+](N=C)(N=C)OC(C)(C)[N+](N=C)(N=C)N=C. The summed E-state index contributed by atoms with van der Waals surface area (Å²) in [6.07, 6.45) is 0. The third kappa shape index (κ3) is 3.84. The predicted octanol–water partition coefficient (Wildman–Crippen LogP) is 1.71. The molecule has 0 N–H and O–H groups in total. The monoisotopic (exact) mass is 369 g/mol. The van der Waals surface area contributed by atoms with Crippen molar-refractivity contribution in [3.8, 4) is 0 Å². The molecule has 0 spiro atoms. The van der Waals surface area contributed by atoms with Gasteiger partial charge in [-0.1, -0.05) is 9.68 Å². The summed E-state index contributed by atoms with van der Waals surface area (Å²) < 4.78 is 0. The molecule has 0 rings (SSSR count). The third-order valence-electron chi connectivity index (χ3n) is 3.67. The van der Waals surface area contributed by atoms with Crippen molar-refractivity contribution in [2.45, 2.75) is 39.1 Å². The zero-order valence-electron chi connectivity index (χ0n) is 16.2. The maximum Gasteiger partial charge on any atom is 0.335 e. The molecule has 0 saturated carbocycles. The largest absolute Gasteiger partial charge is 0.335 e. The zero-order valence-corrected chi connectivity index (χ0v) is 16.2. The van der Waals surface area contributed by atoms with E-state index in [0.29, 0.717) is 0 Å². The lowest BCUT2D eigenvalue weighted by Crippen LogP contribution is -2.65. The van der Waals surface area contributed by atoms with Gasteiger partial charge in [0.2, 0.25) is 0 Å². The van der Waals surface area contributed by atoms with Crippen LogP contribution in [-0.2, 0) is 9.68 Å². The predicted molar refractivity (Wildman–Crippen MR) is 104 cm³/mol. The molecule has 0 aliphatic carbocycles. The van der Waals surface area contributed by atoms with Crippen molar-refractivity contribution in [3.05, 3.63) is 0 Å². The van der Waals surface area contributed by atoms with E-state index in [1.54, 1.807) is 27.7 Å². The van der Waals surface area contributed by atoms with Crippen LogP contribution in [0, 0.1) is 0 Å². The van der Waals surface area contributed by atoms with Crippen LogP contribution in [0.3, 0.4) is 0 Å². The second-order valence-corrected chi connectivity index (χ2v) is 6.01. The van der Waals surface area contributed by atoms with Crippen molar-refractivity contribution in [1.29, 1.82) is 0 Å². The quantitative estimate of drug-likeness (QED) is 0.213. The molecule has 0 aromatic rings. The maximum absolute atomic E-state index is 6.05. The smallest absolute Gasteiger partial charge is 0.0704 e. The van der Waals surface area contributed by atoms with Gasteiger partial charge >= 0.3 is 11.4 Å². The van der Waals surface area contributed by atoms with Gasteiger partial charge in [0, 0.05) is 27.7 Å². The van der Waals surface area contributed by atoms with Gasteiger partial charge in [-0.15, -0.1) is 0 Å². The topological polar surface area (TPSA) is 105 Å². The highest BCUT2D eigenvalue weighted by Crippen LogP contribution is 2.39. The minimum absolute atomic E-state index is 0.666. The first-order chi connectivity index (χ1) is 11.8. The van der Waals surface area contributed by atoms with E-state index < -0.39 is 26.0 Å². The van der Waals surface area contributed by atoms with E-state index in [4.69, 9.17) is 9.68 Å². The van der Waals surface area contributed by atoms with Crippen LogP contribution >= 0.6 is 0 Å². The second-order valence-electron chi connectivity index (χ2n) is 6.01. The first-order valence-corrected chi connectivity index (χ1v) is 7.28. The fraction of sp³-hybridized carbons (Fsp3) is 0.500. The lowest BCUT2D eigenvalue weighted by molar-refractivity contribution is -1.26. The third-order valence-corrected chi connectivity index (χ3v) is 3.67. The Hall–Kier alpha value is -2.51. The summed E-state index contributed by atoms with van der Waals surface area (Å²) in [5.41, 5.74) is -2.71. The average Bonchev–Trinajstić information content (AvgIpc) is 2.60. The second kappa shape index (κ2) is 7.80. The molecule has 12 heteroatoms. The van der Waals surface area contributed by atoms with Crippen molar-refractivity contribution >= 4 is 47.0 Å². The number of hydrogen-bond acceptors (Lipinski definition) is 9. The molecule has 0 bridgehead atoms. The van der Waals surface area contributed by atoms with E-state index in [1.807, 2.05) is 0 Å². The summed E-state index contributed by atoms with van der Waals surface area (Å²) in [5.74, 6) is 0. The molecule has 0 radical (unpaired) electrons. The standard InChI is InChI=1S/C14H29N10O2/c1-13(2,23(17-7,18-8)19-9)26-24(20-10,21-11)14(3,4)25-22(12,15-5)16-6/h5-11H2,1-4,12H3/q+3. The Balaban J connectivity index is 6.30. The lowest BCUT2D eigenvalue weighted by atomic mass is 10.3. The first-order valence-electron chi connectivity index (χ1n) is 7.28. The van der Waals surface area contributed by atoms with Gasteiger partial charge in [-0.3, -0.25) is 0 Å².